The molecule has 2 rings (SSSR count). The Morgan fingerprint density at radius 3 is 2.59 bits per heavy atom. The molecule has 1 fully saturated rings. The number of benzene rings is 1. The molecule has 1 aromatic carbocycles. The number of halogens is 3. The van der Waals surface area contributed by atoms with Gasteiger partial charge in [0.05, 0.1) is 12.7 Å². The molecule has 2 nitrogen and oxygen atoms in total. The molecule has 0 aliphatic heterocycles. The minimum absolute atomic E-state index is 0.0547. The maximum absolute atomic E-state index is 12.8. The van der Waals surface area contributed by atoms with Gasteiger partial charge in [-0.2, -0.15) is 13.2 Å². The topological polar surface area (TPSA) is 35.2 Å². The lowest BCUT2D eigenvalue weighted by molar-refractivity contribution is -0.138. The number of nitrogens with two attached hydrogens (primary N) is 1. The van der Waals surface area contributed by atoms with E-state index in [1.807, 2.05) is 0 Å². The number of hydrogen-bond acceptors (Lipinski definition) is 2. The maximum atomic E-state index is 12.8. The molecule has 17 heavy (non-hydrogen) atoms. The van der Waals surface area contributed by atoms with Crippen molar-refractivity contribution in [3.63, 3.8) is 0 Å². The molecule has 2 atom stereocenters. The van der Waals surface area contributed by atoms with Gasteiger partial charge in [-0.25, -0.2) is 0 Å². The zero-order valence-electron chi connectivity index (χ0n) is 9.42. The molecule has 0 saturated heterocycles. The van der Waals surface area contributed by atoms with Crippen molar-refractivity contribution in [2.75, 3.05) is 13.7 Å². The fraction of sp³-hybridized carbons (Fsp3) is 0.500. The Morgan fingerprint density at radius 1 is 1.41 bits per heavy atom. The second-order valence-corrected chi connectivity index (χ2v) is 4.26. The third-order valence-corrected chi connectivity index (χ3v) is 3.18. The molecule has 1 aromatic rings. The molecule has 0 aromatic heterocycles. The Morgan fingerprint density at radius 2 is 2.12 bits per heavy atom. The summed E-state index contributed by atoms with van der Waals surface area (Å²) >= 11 is 0. The molecule has 5 heteroatoms. The van der Waals surface area contributed by atoms with Crippen LogP contribution in [0.15, 0.2) is 18.2 Å². The summed E-state index contributed by atoms with van der Waals surface area (Å²) in [6.07, 6.45) is -3.54. The van der Waals surface area contributed by atoms with Gasteiger partial charge in [0.1, 0.15) is 5.75 Å². The van der Waals surface area contributed by atoms with Crippen LogP contribution in [0.3, 0.4) is 0 Å². The van der Waals surface area contributed by atoms with Gasteiger partial charge in [0, 0.05) is 0 Å². The lowest BCUT2D eigenvalue weighted by atomic mass is 10.0. The maximum Gasteiger partial charge on any atom is 0.419 e. The van der Waals surface area contributed by atoms with E-state index < -0.39 is 11.7 Å². The number of methoxy groups -OCH3 is 1. The van der Waals surface area contributed by atoms with Gasteiger partial charge < -0.3 is 10.5 Å². The molecule has 0 amide bonds. The first-order valence-corrected chi connectivity index (χ1v) is 5.43. The number of alkyl halides is 3. The first-order chi connectivity index (χ1) is 7.99. The minimum Gasteiger partial charge on any atom is -0.496 e. The second kappa shape index (κ2) is 4.22. The van der Waals surface area contributed by atoms with E-state index in [2.05, 4.69) is 0 Å². The summed E-state index contributed by atoms with van der Waals surface area (Å²) in [5.74, 6) is 0.339. The van der Waals surface area contributed by atoms with Crippen LogP contribution in [0.1, 0.15) is 23.5 Å². The minimum atomic E-state index is -4.38. The molecule has 94 valence electrons. The largest absolute Gasteiger partial charge is 0.496 e. The zero-order chi connectivity index (χ0) is 12.6. The Labute approximate surface area is 97.6 Å². The summed E-state index contributed by atoms with van der Waals surface area (Å²) in [7, 11) is 1.27. The summed E-state index contributed by atoms with van der Waals surface area (Å²) in [6, 6.07) is 4.16. The van der Waals surface area contributed by atoms with Crippen LogP contribution >= 0.6 is 0 Å². The van der Waals surface area contributed by atoms with Crippen LogP contribution in [-0.4, -0.2) is 13.7 Å². The highest BCUT2D eigenvalue weighted by atomic mass is 19.4. The Kier molecular flexibility index (Phi) is 3.03. The number of hydrogen-bond donors (Lipinski definition) is 1. The van der Waals surface area contributed by atoms with E-state index in [0.29, 0.717) is 12.1 Å². The van der Waals surface area contributed by atoms with Crippen LogP contribution in [0.4, 0.5) is 13.2 Å². The lowest BCUT2D eigenvalue weighted by Crippen LogP contribution is -2.09. The molecule has 1 aliphatic rings. The normalized spacial score (nSPS) is 23.6. The van der Waals surface area contributed by atoms with Crippen molar-refractivity contribution in [1.29, 1.82) is 0 Å². The van der Waals surface area contributed by atoms with Crippen LogP contribution in [0.5, 0.6) is 5.75 Å². The van der Waals surface area contributed by atoms with Crippen molar-refractivity contribution in [3.8, 4) is 5.75 Å². The third-order valence-electron chi connectivity index (χ3n) is 3.18. The first kappa shape index (κ1) is 12.2. The Hall–Kier alpha value is -1.23. The number of para-hydroxylation sites is 1. The SMILES string of the molecule is COc1c(C2CC2CN)cccc1C(F)(F)F. The summed E-state index contributed by atoms with van der Waals surface area (Å²) in [4.78, 5) is 0. The summed E-state index contributed by atoms with van der Waals surface area (Å²) in [6.45, 7) is 0.504. The fourth-order valence-corrected chi connectivity index (χ4v) is 2.19. The smallest absolute Gasteiger partial charge is 0.419 e. The van der Waals surface area contributed by atoms with Crippen LogP contribution in [0, 0.1) is 5.92 Å². The van der Waals surface area contributed by atoms with Gasteiger partial charge in [-0.05, 0) is 36.4 Å². The molecular weight excluding hydrogens is 231 g/mol. The van der Waals surface area contributed by atoms with Gasteiger partial charge in [-0.1, -0.05) is 12.1 Å². The van der Waals surface area contributed by atoms with Crippen molar-refractivity contribution >= 4 is 0 Å². The van der Waals surface area contributed by atoms with E-state index in [1.165, 1.54) is 13.2 Å². The number of ether oxygens (including phenoxy) is 1. The molecule has 0 spiro atoms. The molecule has 1 saturated carbocycles. The Bertz CT molecular complexity index is 417. The second-order valence-electron chi connectivity index (χ2n) is 4.26. The van der Waals surface area contributed by atoms with Crippen molar-refractivity contribution < 1.29 is 17.9 Å². The third kappa shape index (κ3) is 2.24. The molecule has 0 bridgehead atoms. The summed E-state index contributed by atoms with van der Waals surface area (Å²) < 4.78 is 43.3. The quantitative estimate of drug-likeness (QED) is 0.888. The van der Waals surface area contributed by atoms with E-state index >= 15 is 0 Å². The van der Waals surface area contributed by atoms with Crippen molar-refractivity contribution in [2.45, 2.75) is 18.5 Å². The molecule has 0 heterocycles. The summed E-state index contributed by atoms with van der Waals surface area (Å²) in [5, 5.41) is 0. The van der Waals surface area contributed by atoms with E-state index in [4.69, 9.17) is 10.5 Å². The average Bonchev–Trinajstić information content (AvgIpc) is 3.05. The van der Waals surface area contributed by atoms with E-state index in [1.54, 1.807) is 6.07 Å². The van der Waals surface area contributed by atoms with Crippen LogP contribution in [0.2, 0.25) is 0 Å². The molecule has 2 unspecified atom stereocenters. The van der Waals surface area contributed by atoms with E-state index in [9.17, 15) is 13.2 Å². The monoisotopic (exact) mass is 245 g/mol. The van der Waals surface area contributed by atoms with Gasteiger partial charge >= 0.3 is 6.18 Å². The lowest BCUT2D eigenvalue weighted by Gasteiger charge is -2.15. The van der Waals surface area contributed by atoms with Crippen molar-refractivity contribution in [1.82, 2.24) is 0 Å². The first-order valence-electron chi connectivity index (χ1n) is 5.43. The molecule has 2 N–H and O–H groups in total. The van der Waals surface area contributed by atoms with Gasteiger partial charge in [-0.15, -0.1) is 0 Å². The average molecular weight is 245 g/mol. The van der Waals surface area contributed by atoms with E-state index in [0.717, 1.165) is 12.5 Å². The van der Waals surface area contributed by atoms with Gasteiger partial charge in [0.2, 0.25) is 0 Å². The molecule has 0 radical (unpaired) electrons. The van der Waals surface area contributed by atoms with Crippen molar-refractivity contribution in [3.05, 3.63) is 29.3 Å². The predicted octanol–water partition coefficient (Wildman–Crippen LogP) is 2.78. The summed E-state index contributed by atoms with van der Waals surface area (Å²) in [5.41, 5.74) is 5.43. The van der Waals surface area contributed by atoms with Crippen molar-refractivity contribution in [2.24, 2.45) is 11.7 Å². The van der Waals surface area contributed by atoms with Crippen LogP contribution < -0.4 is 10.5 Å². The standard InChI is InChI=1S/C12H14F3NO/c1-17-11-8(9-5-7(9)6-16)3-2-4-10(11)12(13,14)15/h2-4,7,9H,5-6,16H2,1H3. The zero-order valence-corrected chi connectivity index (χ0v) is 9.42. The van der Waals surface area contributed by atoms with Gasteiger partial charge in [0.15, 0.2) is 0 Å². The van der Waals surface area contributed by atoms with Gasteiger partial charge in [-0.3, -0.25) is 0 Å². The molecular formula is C12H14F3NO. The van der Waals surface area contributed by atoms with Crippen LogP contribution in [-0.2, 0) is 6.18 Å². The highest BCUT2D eigenvalue weighted by Crippen LogP contribution is 2.52. The molecule has 1 aliphatic carbocycles. The fourth-order valence-electron chi connectivity index (χ4n) is 2.19. The highest BCUT2D eigenvalue weighted by Gasteiger charge is 2.42. The van der Waals surface area contributed by atoms with Crippen LogP contribution in [0.25, 0.3) is 0 Å². The van der Waals surface area contributed by atoms with E-state index in [-0.39, 0.29) is 17.6 Å². The number of rotatable bonds is 3. The Balaban J connectivity index is 2.40. The highest BCUT2D eigenvalue weighted by molar-refractivity contribution is 5.47. The predicted molar refractivity (Wildman–Crippen MR) is 57.9 cm³/mol. The van der Waals surface area contributed by atoms with Gasteiger partial charge in [0.25, 0.3) is 0 Å².